The molecule has 11 heteroatoms. The number of hydrogen-bond donors (Lipinski definition) is 2. The van der Waals surface area contributed by atoms with Crippen LogP contribution >= 0.6 is 11.6 Å². The summed E-state index contributed by atoms with van der Waals surface area (Å²) in [5.41, 5.74) is 3.54. The molecule has 0 aliphatic carbocycles. The van der Waals surface area contributed by atoms with Gasteiger partial charge in [-0.25, -0.2) is 9.37 Å². The number of nitrogens with two attached hydrogens (primary N) is 1. The highest BCUT2D eigenvalue weighted by molar-refractivity contribution is 6.33. The topological polar surface area (TPSA) is 102 Å². The molecule has 1 aromatic carbocycles. The monoisotopic (exact) mass is 468 g/mol. The highest BCUT2D eigenvalue weighted by Gasteiger charge is 2.30. The Labute approximate surface area is 184 Å². The summed E-state index contributed by atoms with van der Waals surface area (Å²) in [5.74, 6) is -2.21. The van der Waals surface area contributed by atoms with Crippen molar-refractivity contribution in [2.45, 2.75) is 25.9 Å². The van der Waals surface area contributed by atoms with E-state index in [1.54, 1.807) is 6.92 Å². The molecule has 0 saturated carbocycles. The molecule has 168 valence electrons. The van der Waals surface area contributed by atoms with Crippen LogP contribution in [0.15, 0.2) is 41.3 Å². The zero-order chi connectivity index (χ0) is 23.6. The lowest BCUT2D eigenvalue weighted by molar-refractivity contribution is -0.137. The van der Waals surface area contributed by atoms with Gasteiger partial charge in [0, 0.05) is 18.2 Å². The number of aromatic amines is 1. The fourth-order valence-corrected chi connectivity index (χ4v) is 3.34. The number of alkyl halides is 3. The number of H-pyrrole nitrogens is 1. The van der Waals surface area contributed by atoms with Crippen LogP contribution in [0.1, 0.15) is 24.5 Å². The molecule has 2 heterocycles. The standard InChI is InChI=1S/C21H17ClF4N4O2/c1-2-10(19(27)32)7-11-3-5-13(22)17(18(11)23)20-29-15(8-16(31)30-20)14-6-4-12(9-28-14)21(24,25)26/h3-6,8-10H,2,7H2,1H3,(H2,27,32)(H,29,30,31). The van der Waals surface area contributed by atoms with E-state index in [-0.39, 0.29) is 39.8 Å². The van der Waals surface area contributed by atoms with E-state index in [0.717, 1.165) is 18.2 Å². The molecule has 0 fully saturated rings. The molecular formula is C21H17ClF4N4O2. The largest absolute Gasteiger partial charge is 0.417 e. The fraction of sp³-hybridized carbons (Fsp3) is 0.238. The Hall–Kier alpha value is -3.27. The smallest absolute Gasteiger partial charge is 0.369 e. The van der Waals surface area contributed by atoms with Crippen LogP contribution in [-0.2, 0) is 17.4 Å². The molecule has 6 nitrogen and oxygen atoms in total. The predicted octanol–water partition coefficient (Wildman–Crippen LogP) is 4.36. The number of pyridine rings is 1. The number of carbonyl (C=O) groups is 1. The lowest BCUT2D eigenvalue weighted by Crippen LogP contribution is -2.24. The lowest BCUT2D eigenvalue weighted by Gasteiger charge is -2.14. The quantitative estimate of drug-likeness (QED) is 0.524. The third-order valence-electron chi connectivity index (χ3n) is 4.86. The zero-order valence-electron chi connectivity index (χ0n) is 16.6. The first-order valence-corrected chi connectivity index (χ1v) is 9.80. The van der Waals surface area contributed by atoms with Gasteiger partial charge in [0.15, 0.2) is 0 Å². The van der Waals surface area contributed by atoms with Crippen molar-refractivity contribution in [1.29, 1.82) is 0 Å². The number of primary amides is 1. The molecule has 0 saturated heterocycles. The maximum Gasteiger partial charge on any atom is 0.417 e. The maximum absolute atomic E-state index is 15.3. The van der Waals surface area contributed by atoms with Gasteiger partial charge in [-0.1, -0.05) is 24.6 Å². The molecule has 1 amide bonds. The number of amides is 1. The van der Waals surface area contributed by atoms with E-state index >= 15 is 4.39 Å². The third-order valence-corrected chi connectivity index (χ3v) is 5.18. The number of benzene rings is 1. The van der Waals surface area contributed by atoms with Crippen LogP contribution in [-0.4, -0.2) is 20.9 Å². The highest BCUT2D eigenvalue weighted by Crippen LogP contribution is 2.33. The number of hydrogen-bond acceptors (Lipinski definition) is 4. The lowest BCUT2D eigenvalue weighted by atomic mass is 9.94. The zero-order valence-corrected chi connectivity index (χ0v) is 17.4. The first-order valence-electron chi connectivity index (χ1n) is 9.42. The second kappa shape index (κ2) is 9.07. The Kier molecular flexibility index (Phi) is 6.63. The van der Waals surface area contributed by atoms with Crippen LogP contribution in [0.5, 0.6) is 0 Å². The first-order chi connectivity index (χ1) is 15.0. The van der Waals surface area contributed by atoms with Crippen molar-refractivity contribution in [1.82, 2.24) is 15.0 Å². The van der Waals surface area contributed by atoms with Crippen molar-refractivity contribution in [2.24, 2.45) is 11.7 Å². The van der Waals surface area contributed by atoms with Crippen molar-refractivity contribution in [3.05, 3.63) is 68.8 Å². The molecule has 32 heavy (non-hydrogen) atoms. The normalized spacial score (nSPS) is 12.6. The van der Waals surface area contributed by atoms with E-state index in [4.69, 9.17) is 17.3 Å². The minimum Gasteiger partial charge on any atom is -0.369 e. The maximum atomic E-state index is 15.3. The highest BCUT2D eigenvalue weighted by atomic mass is 35.5. The van der Waals surface area contributed by atoms with Gasteiger partial charge in [-0.05, 0) is 36.6 Å². The van der Waals surface area contributed by atoms with E-state index in [1.807, 2.05) is 0 Å². The molecule has 0 radical (unpaired) electrons. The minimum absolute atomic E-state index is 0.0159. The number of halogens is 5. The van der Waals surface area contributed by atoms with Gasteiger partial charge in [-0.2, -0.15) is 13.2 Å². The van der Waals surface area contributed by atoms with Crippen LogP contribution in [0.3, 0.4) is 0 Å². The Bertz CT molecular complexity index is 1210. The van der Waals surface area contributed by atoms with Gasteiger partial charge in [0.05, 0.1) is 27.5 Å². The molecule has 1 atom stereocenters. The molecule has 2 aromatic heterocycles. The first kappa shape index (κ1) is 23.4. The van der Waals surface area contributed by atoms with Crippen LogP contribution in [0.4, 0.5) is 17.6 Å². The van der Waals surface area contributed by atoms with Crippen LogP contribution in [0, 0.1) is 11.7 Å². The van der Waals surface area contributed by atoms with Gasteiger partial charge in [-0.15, -0.1) is 0 Å². The molecular weight excluding hydrogens is 452 g/mol. The summed E-state index contributed by atoms with van der Waals surface area (Å²) in [7, 11) is 0. The second-order valence-corrected chi connectivity index (χ2v) is 7.42. The van der Waals surface area contributed by atoms with Crippen molar-refractivity contribution < 1.29 is 22.4 Å². The van der Waals surface area contributed by atoms with Crippen LogP contribution in [0.25, 0.3) is 22.8 Å². The minimum atomic E-state index is -4.57. The van der Waals surface area contributed by atoms with Gasteiger partial charge in [0.2, 0.25) is 5.91 Å². The molecule has 1 unspecified atom stereocenters. The fourth-order valence-electron chi connectivity index (χ4n) is 3.10. The summed E-state index contributed by atoms with van der Waals surface area (Å²) in [6, 6.07) is 5.68. The van der Waals surface area contributed by atoms with Gasteiger partial charge in [-0.3, -0.25) is 14.6 Å². The van der Waals surface area contributed by atoms with E-state index in [0.29, 0.717) is 12.6 Å². The number of nitrogens with one attached hydrogen (secondary N) is 1. The van der Waals surface area contributed by atoms with Crippen molar-refractivity contribution >= 4 is 17.5 Å². The summed E-state index contributed by atoms with van der Waals surface area (Å²) in [5, 5.41) is -0.0564. The summed E-state index contributed by atoms with van der Waals surface area (Å²) >= 11 is 6.16. The van der Waals surface area contributed by atoms with Gasteiger partial charge >= 0.3 is 6.18 Å². The molecule has 0 aliphatic heterocycles. The average Bonchev–Trinajstić information content (AvgIpc) is 2.72. The summed E-state index contributed by atoms with van der Waals surface area (Å²) in [6.45, 7) is 1.74. The van der Waals surface area contributed by atoms with Crippen molar-refractivity contribution in [2.75, 3.05) is 0 Å². The van der Waals surface area contributed by atoms with E-state index < -0.39 is 34.9 Å². The van der Waals surface area contributed by atoms with E-state index in [9.17, 15) is 22.8 Å². The molecule has 0 bridgehead atoms. The molecule has 0 aliphatic rings. The summed E-state index contributed by atoms with van der Waals surface area (Å²) in [4.78, 5) is 33.9. The van der Waals surface area contributed by atoms with Gasteiger partial charge in [0.1, 0.15) is 11.6 Å². The predicted molar refractivity (Wildman–Crippen MR) is 110 cm³/mol. The van der Waals surface area contributed by atoms with Gasteiger partial charge < -0.3 is 10.7 Å². The molecule has 3 aromatic rings. The van der Waals surface area contributed by atoms with Crippen LogP contribution < -0.4 is 11.3 Å². The molecule has 3 rings (SSSR count). The SMILES string of the molecule is CCC(Cc1ccc(Cl)c(-c2nc(-c3ccc(C(F)(F)F)cn3)cc(=O)[nH]2)c1F)C(N)=O. The number of nitrogens with zero attached hydrogens (tertiary/aromatic N) is 2. The second-order valence-electron chi connectivity index (χ2n) is 7.02. The van der Waals surface area contributed by atoms with Crippen molar-refractivity contribution in [3.63, 3.8) is 0 Å². The Morgan fingerprint density at radius 3 is 2.50 bits per heavy atom. The Balaban J connectivity index is 2.07. The summed E-state index contributed by atoms with van der Waals surface area (Å²) in [6.07, 6.45) is -3.54. The van der Waals surface area contributed by atoms with Gasteiger partial charge in [0.25, 0.3) is 5.56 Å². The third kappa shape index (κ3) is 4.96. The number of rotatable bonds is 6. The van der Waals surface area contributed by atoms with E-state index in [2.05, 4.69) is 15.0 Å². The average molecular weight is 469 g/mol. The summed E-state index contributed by atoms with van der Waals surface area (Å²) < 4.78 is 53.6. The molecule has 3 N–H and O–H groups in total. The Morgan fingerprint density at radius 1 is 1.22 bits per heavy atom. The Morgan fingerprint density at radius 2 is 1.94 bits per heavy atom. The molecule has 0 spiro atoms. The number of carbonyl (C=O) groups excluding carboxylic acids is 1. The van der Waals surface area contributed by atoms with E-state index in [1.165, 1.54) is 12.1 Å². The van der Waals surface area contributed by atoms with Crippen molar-refractivity contribution in [3.8, 4) is 22.8 Å². The number of aromatic nitrogens is 3. The van der Waals surface area contributed by atoms with Crippen LogP contribution in [0.2, 0.25) is 5.02 Å².